The second-order valence-electron chi connectivity index (χ2n) is 4.68. The van der Waals surface area contributed by atoms with Gasteiger partial charge < -0.3 is 10.5 Å². The second kappa shape index (κ2) is 6.70. The molecular formula is C16H14BrFN2O. The third-order valence-corrected chi connectivity index (χ3v) is 3.51. The topological polar surface area (TPSA) is 59.0 Å². The van der Waals surface area contributed by atoms with Gasteiger partial charge in [0.2, 0.25) is 0 Å². The Morgan fingerprint density at radius 3 is 2.76 bits per heavy atom. The molecule has 0 fully saturated rings. The molecule has 2 N–H and O–H groups in total. The van der Waals surface area contributed by atoms with Crippen LogP contribution in [0.4, 0.5) is 4.39 Å². The Balaban J connectivity index is 2.23. The van der Waals surface area contributed by atoms with E-state index in [0.717, 1.165) is 10.0 Å². The van der Waals surface area contributed by atoms with Gasteiger partial charge in [-0.2, -0.15) is 5.26 Å². The van der Waals surface area contributed by atoms with Crippen molar-refractivity contribution in [2.24, 2.45) is 5.73 Å². The lowest BCUT2D eigenvalue weighted by Gasteiger charge is -2.15. The molecule has 21 heavy (non-hydrogen) atoms. The highest BCUT2D eigenvalue weighted by Crippen LogP contribution is 2.28. The third kappa shape index (κ3) is 3.81. The Bertz CT molecular complexity index is 695. The summed E-state index contributed by atoms with van der Waals surface area (Å²) in [5.74, 6) is 0.211. The van der Waals surface area contributed by atoms with E-state index in [0.29, 0.717) is 16.9 Å². The van der Waals surface area contributed by atoms with Crippen LogP contribution in [-0.4, -0.2) is 0 Å². The number of nitrogens with zero attached hydrogens (tertiary/aromatic N) is 1. The van der Waals surface area contributed by atoms with E-state index in [-0.39, 0.29) is 12.6 Å². The first-order valence-electron chi connectivity index (χ1n) is 6.37. The highest BCUT2D eigenvalue weighted by Gasteiger charge is 2.11. The minimum atomic E-state index is -0.395. The van der Waals surface area contributed by atoms with E-state index in [4.69, 9.17) is 15.7 Å². The van der Waals surface area contributed by atoms with Crippen LogP contribution < -0.4 is 10.5 Å². The van der Waals surface area contributed by atoms with Gasteiger partial charge in [0.1, 0.15) is 18.2 Å². The van der Waals surface area contributed by atoms with Gasteiger partial charge in [0, 0.05) is 21.6 Å². The van der Waals surface area contributed by atoms with Crippen molar-refractivity contribution in [1.29, 1.82) is 5.26 Å². The maximum Gasteiger partial charge on any atom is 0.129 e. The highest BCUT2D eigenvalue weighted by molar-refractivity contribution is 9.10. The van der Waals surface area contributed by atoms with Crippen molar-refractivity contribution in [3.63, 3.8) is 0 Å². The van der Waals surface area contributed by atoms with Crippen LogP contribution in [0.3, 0.4) is 0 Å². The molecule has 0 saturated heterocycles. The predicted octanol–water partition coefficient (Wildman–Crippen LogP) is 4.06. The minimum absolute atomic E-state index is 0.0444. The SMILES string of the molecule is C[C@@H](N)c1cc(Br)ccc1OCc1cc(C#N)ccc1F. The number of ether oxygens (including phenoxy) is 1. The fourth-order valence-electron chi connectivity index (χ4n) is 1.92. The first kappa shape index (κ1) is 15.5. The zero-order valence-electron chi connectivity index (χ0n) is 11.4. The summed E-state index contributed by atoms with van der Waals surface area (Å²) < 4.78 is 20.3. The summed E-state index contributed by atoms with van der Waals surface area (Å²) in [7, 11) is 0. The molecule has 2 aromatic carbocycles. The van der Waals surface area contributed by atoms with Gasteiger partial charge in [-0.1, -0.05) is 15.9 Å². The van der Waals surface area contributed by atoms with Crippen molar-refractivity contribution in [3.8, 4) is 11.8 Å². The largest absolute Gasteiger partial charge is 0.488 e. The number of hydrogen-bond donors (Lipinski definition) is 1. The summed E-state index contributed by atoms with van der Waals surface area (Å²) in [6.45, 7) is 1.90. The van der Waals surface area contributed by atoms with Crippen molar-refractivity contribution < 1.29 is 9.13 Å². The summed E-state index contributed by atoms with van der Waals surface area (Å²) in [6.07, 6.45) is 0. The van der Waals surface area contributed by atoms with Crippen molar-refractivity contribution >= 4 is 15.9 Å². The molecular weight excluding hydrogens is 335 g/mol. The molecule has 0 saturated carbocycles. The second-order valence-corrected chi connectivity index (χ2v) is 5.59. The fraction of sp³-hybridized carbons (Fsp3) is 0.188. The Hall–Kier alpha value is -1.90. The monoisotopic (exact) mass is 348 g/mol. The van der Waals surface area contributed by atoms with Crippen LogP contribution in [0.2, 0.25) is 0 Å². The molecule has 0 aliphatic heterocycles. The number of nitrogens with two attached hydrogens (primary N) is 1. The van der Waals surface area contributed by atoms with Crippen LogP contribution in [0, 0.1) is 17.1 Å². The molecule has 2 aromatic rings. The molecule has 2 rings (SSSR count). The van der Waals surface area contributed by atoms with E-state index in [1.165, 1.54) is 18.2 Å². The zero-order valence-corrected chi connectivity index (χ0v) is 13.0. The summed E-state index contributed by atoms with van der Waals surface area (Å²) in [5.41, 5.74) is 7.49. The van der Waals surface area contributed by atoms with Gasteiger partial charge in [0.25, 0.3) is 0 Å². The molecule has 5 heteroatoms. The highest BCUT2D eigenvalue weighted by atomic mass is 79.9. The third-order valence-electron chi connectivity index (χ3n) is 3.02. The molecule has 0 radical (unpaired) electrons. The molecule has 0 amide bonds. The van der Waals surface area contributed by atoms with Crippen LogP contribution in [0.15, 0.2) is 40.9 Å². The minimum Gasteiger partial charge on any atom is -0.488 e. The molecule has 0 unspecified atom stereocenters. The number of nitriles is 1. The summed E-state index contributed by atoms with van der Waals surface area (Å²) in [6, 6.07) is 11.5. The van der Waals surface area contributed by atoms with Gasteiger partial charge in [0.15, 0.2) is 0 Å². The Kier molecular flexibility index (Phi) is 4.94. The fourth-order valence-corrected chi connectivity index (χ4v) is 2.30. The van der Waals surface area contributed by atoms with Gasteiger partial charge in [-0.25, -0.2) is 4.39 Å². The molecule has 0 aromatic heterocycles. The van der Waals surface area contributed by atoms with Crippen LogP contribution >= 0.6 is 15.9 Å². The molecule has 0 spiro atoms. The van der Waals surface area contributed by atoms with Crippen molar-refractivity contribution in [1.82, 2.24) is 0 Å². The van der Waals surface area contributed by atoms with Crippen molar-refractivity contribution in [2.45, 2.75) is 19.6 Å². The normalized spacial score (nSPS) is 11.8. The first-order chi connectivity index (χ1) is 10.0. The van der Waals surface area contributed by atoms with Crippen LogP contribution in [0.25, 0.3) is 0 Å². The number of hydrogen-bond acceptors (Lipinski definition) is 3. The standard InChI is InChI=1S/C16H14BrFN2O/c1-10(20)14-7-13(17)3-5-16(14)21-9-12-6-11(8-19)2-4-15(12)18/h2-7,10H,9,20H2,1H3/t10-/m1/s1. The maximum atomic E-state index is 13.7. The number of benzene rings is 2. The summed E-state index contributed by atoms with van der Waals surface area (Å²) >= 11 is 3.38. The van der Waals surface area contributed by atoms with E-state index in [9.17, 15) is 4.39 Å². The number of halogens is 2. The van der Waals surface area contributed by atoms with Crippen molar-refractivity contribution in [3.05, 3.63) is 63.4 Å². The van der Waals surface area contributed by atoms with Gasteiger partial charge in [-0.15, -0.1) is 0 Å². The molecule has 3 nitrogen and oxygen atoms in total. The lowest BCUT2D eigenvalue weighted by atomic mass is 10.1. The first-order valence-corrected chi connectivity index (χ1v) is 7.17. The van der Waals surface area contributed by atoms with Crippen LogP contribution in [0.5, 0.6) is 5.75 Å². The molecule has 1 atom stereocenters. The van der Waals surface area contributed by atoms with Crippen molar-refractivity contribution in [2.75, 3.05) is 0 Å². The average molecular weight is 349 g/mol. The lowest BCUT2D eigenvalue weighted by molar-refractivity contribution is 0.295. The molecule has 0 heterocycles. The summed E-state index contributed by atoms with van der Waals surface area (Å²) in [4.78, 5) is 0. The quantitative estimate of drug-likeness (QED) is 0.906. The van der Waals surface area contributed by atoms with E-state index in [2.05, 4.69) is 15.9 Å². The van der Waals surface area contributed by atoms with E-state index in [1.54, 1.807) is 6.07 Å². The molecule has 108 valence electrons. The Morgan fingerprint density at radius 1 is 1.33 bits per heavy atom. The van der Waals surface area contributed by atoms with Crippen LogP contribution in [-0.2, 0) is 6.61 Å². The van der Waals surface area contributed by atoms with Gasteiger partial charge >= 0.3 is 0 Å². The molecule has 0 bridgehead atoms. The van der Waals surface area contributed by atoms with Gasteiger partial charge in [0.05, 0.1) is 11.6 Å². The van der Waals surface area contributed by atoms with Crippen LogP contribution in [0.1, 0.15) is 29.7 Å². The Morgan fingerprint density at radius 2 is 2.10 bits per heavy atom. The van der Waals surface area contributed by atoms with E-state index >= 15 is 0 Å². The summed E-state index contributed by atoms with van der Waals surface area (Å²) in [5, 5.41) is 8.85. The Labute approximate surface area is 131 Å². The lowest BCUT2D eigenvalue weighted by Crippen LogP contribution is -2.08. The van der Waals surface area contributed by atoms with E-state index < -0.39 is 5.82 Å². The predicted molar refractivity (Wildman–Crippen MR) is 82.2 cm³/mol. The van der Waals surface area contributed by atoms with Gasteiger partial charge in [-0.3, -0.25) is 0 Å². The molecule has 0 aliphatic rings. The average Bonchev–Trinajstić information content (AvgIpc) is 2.47. The maximum absolute atomic E-state index is 13.7. The number of rotatable bonds is 4. The zero-order chi connectivity index (χ0) is 15.4. The van der Waals surface area contributed by atoms with E-state index in [1.807, 2.05) is 25.1 Å². The van der Waals surface area contributed by atoms with Gasteiger partial charge in [-0.05, 0) is 43.3 Å². The smallest absolute Gasteiger partial charge is 0.129 e. The molecule has 0 aliphatic carbocycles.